The van der Waals surface area contributed by atoms with Gasteiger partial charge in [0.15, 0.2) is 0 Å². The van der Waals surface area contributed by atoms with Gasteiger partial charge in [-0.25, -0.2) is 0 Å². The van der Waals surface area contributed by atoms with E-state index in [4.69, 9.17) is 0 Å². The number of rotatable bonds is 12. The number of nitriles is 1. The molecule has 0 radical (unpaired) electrons. The Morgan fingerprint density at radius 2 is 1.06 bits per heavy atom. The molecule has 0 spiro atoms. The summed E-state index contributed by atoms with van der Waals surface area (Å²) in [6.45, 7) is 4.62. The van der Waals surface area contributed by atoms with Crippen molar-refractivity contribution in [3.05, 3.63) is 0 Å². The van der Waals surface area contributed by atoms with E-state index in [0.29, 0.717) is 5.92 Å². The molecule has 0 aromatic heterocycles. The Labute approximate surface area is 201 Å². The molecule has 1 heteroatoms. The molecule has 0 saturated heterocycles. The van der Waals surface area contributed by atoms with E-state index in [2.05, 4.69) is 19.9 Å². The summed E-state index contributed by atoms with van der Waals surface area (Å²) in [5, 5.41) is 10.3. The summed E-state index contributed by atoms with van der Waals surface area (Å²) < 4.78 is 0. The minimum absolute atomic E-state index is 0.0422. The van der Waals surface area contributed by atoms with Crippen molar-refractivity contribution in [2.45, 2.75) is 155 Å². The van der Waals surface area contributed by atoms with Gasteiger partial charge in [-0.2, -0.15) is 5.26 Å². The Hall–Kier alpha value is -0.510. The van der Waals surface area contributed by atoms with Crippen molar-refractivity contribution in [1.29, 1.82) is 5.26 Å². The summed E-state index contributed by atoms with van der Waals surface area (Å²) in [5.74, 6) is 4.62. The molecule has 0 aromatic rings. The molecule has 1 nitrogen and oxygen atoms in total. The third-order valence-corrected chi connectivity index (χ3v) is 10.3. The molecule has 184 valence electrons. The highest BCUT2D eigenvalue weighted by Crippen LogP contribution is 2.52. The van der Waals surface area contributed by atoms with Crippen molar-refractivity contribution < 1.29 is 0 Å². The third kappa shape index (κ3) is 7.50. The van der Waals surface area contributed by atoms with E-state index in [1.807, 2.05) is 0 Å². The first kappa shape index (κ1) is 26.1. The fourth-order valence-corrected chi connectivity index (χ4v) is 7.91. The summed E-state index contributed by atoms with van der Waals surface area (Å²) in [6.07, 6.45) is 31.0. The number of hydrogen-bond acceptors (Lipinski definition) is 1. The lowest BCUT2D eigenvalue weighted by Crippen LogP contribution is -2.38. The van der Waals surface area contributed by atoms with Crippen LogP contribution in [0.25, 0.3) is 0 Å². The van der Waals surface area contributed by atoms with Crippen molar-refractivity contribution in [1.82, 2.24) is 0 Å². The van der Waals surface area contributed by atoms with E-state index >= 15 is 0 Å². The summed E-state index contributed by atoms with van der Waals surface area (Å²) >= 11 is 0. The van der Waals surface area contributed by atoms with Crippen molar-refractivity contribution >= 4 is 0 Å². The molecule has 0 bridgehead atoms. The molecule has 3 saturated carbocycles. The Bertz CT molecular complexity index is 521. The SMILES string of the molecule is CCCCCCCC1CCC(C2CCC(C#N)(C3CCC(CCCCC)CC3)CC2)CC1. The van der Waals surface area contributed by atoms with E-state index in [0.717, 1.165) is 23.7 Å². The molecule has 0 atom stereocenters. The topological polar surface area (TPSA) is 23.8 Å². The molecule has 3 aliphatic rings. The first-order chi connectivity index (χ1) is 15.7. The van der Waals surface area contributed by atoms with Crippen LogP contribution in [-0.2, 0) is 0 Å². The molecule has 0 unspecified atom stereocenters. The van der Waals surface area contributed by atoms with Crippen LogP contribution >= 0.6 is 0 Å². The van der Waals surface area contributed by atoms with Crippen LogP contribution in [-0.4, -0.2) is 0 Å². The smallest absolute Gasteiger partial charge is 0.0692 e. The van der Waals surface area contributed by atoms with Gasteiger partial charge in [-0.15, -0.1) is 0 Å². The molecule has 3 fully saturated rings. The number of hydrogen-bond donors (Lipinski definition) is 0. The van der Waals surface area contributed by atoms with Gasteiger partial charge in [0.2, 0.25) is 0 Å². The van der Waals surface area contributed by atoms with Crippen LogP contribution in [0.1, 0.15) is 155 Å². The van der Waals surface area contributed by atoms with Gasteiger partial charge in [0.05, 0.1) is 11.5 Å². The quantitative estimate of drug-likeness (QED) is 0.276. The van der Waals surface area contributed by atoms with Crippen molar-refractivity contribution in [2.24, 2.45) is 35.0 Å². The summed E-state index contributed by atoms with van der Waals surface area (Å²) in [4.78, 5) is 0. The molecule has 0 amide bonds. The van der Waals surface area contributed by atoms with E-state index in [1.165, 1.54) is 141 Å². The van der Waals surface area contributed by atoms with Gasteiger partial charge < -0.3 is 0 Å². The van der Waals surface area contributed by atoms with Gasteiger partial charge in [-0.1, -0.05) is 104 Å². The molecule has 0 heterocycles. The summed E-state index contributed by atoms with van der Waals surface area (Å²) in [5.41, 5.74) is 0.0422. The van der Waals surface area contributed by atoms with Gasteiger partial charge in [0, 0.05) is 0 Å². The van der Waals surface area contributed by atoms with Crippen LogP contribution < -0.4 is 0 Å². The molecule has 32 heavy (non-hydrogen) atoms. The zero-order valence-electron chi connectivity index (χ0n) is 21.9. The van der Waals surface area contributed by atoms with Gasteiger partial charge in [-0.05, 0) is 81.0 Å². The predicted molar refractivity (Wildman–Crippen MR) is 138 cm³/mol. The first-order valence-electron chi connectivity index (χ1n) is 15.1. The molecule has 0 aliphatic heterocycles. The molecule has 0 aromatic carbocycles. The summed E-state index contributed by atoms with van der Waals surface area (Å²) in [7, 11) is 0. The van der Waals surface area contributed by atoms with E-state index < -0.39 is 0 Å². The molecular weight excluding hydrogens is 386 g/mol. The Morgan fingerprint density at radius 3 is 1.62 bits per heavy atom. The second-order valence-corrected chi connectivity index (χ2v) is 12.3. The summed E-state index contributed by atoms with van der Waals surface area (Å²) in [6, 6.07) is 2.92. The average Bonchev–Trinajstić information content (AvgIpc) is 2.85. The fraction of sp³-hybridized carbons (Fsp3) is 0.968. The largest absolute Gasteiger partial charge is 0.198 e. The Kier molecular flexibility index (Phi) is 11.4. The van der Waals surface area contributed by atoms with Crippen LogP contribution in [0, 0.1) is 46.3 Å². The molecule has 3 aliphatic carbocycles. The van der Waals surface area contributed by atoms with Gasteiger partial charge in [0.25, 0.3) is 0 Å². The minimum Gasteiger partial charge on any atom is -0.198 e. The van der Waals surface area contributed by atoms with E-state index in [1.54, 1.807) is 0 Å². The molecule has 3 rings (SSSR count). The maximum Gasteiger partial charge on any atom is 0.0692 e. The van der Waals surface area contributed by atoms with Crippen molar-refractivity contribution in [3.8, 4) is 6.07 Å². The van der Waals surface area contributed by atoms with Gasteiger partial charge >= 0.3 is 0 Å². The second-order valence-electron chi connectivity index (χ2n) is 12.3. The lowest BCUT2D eigenvalue weighted by Gasteiger charge is -2.46. The maximum atomic E-state index is 10.3. The monoisotopic (exact) mass is 441 g/mol. The minimum atomic E-state index is 0.0422. The lowest BCUT2D eigenvalue weighted by molar-refractivity contribution is 0.0601. The predicted octanol–water partition coefficient (Wildman–Crippen LogP) is 10.2. The third-order valence-electron chi connectivity index (χ3n) is 10.3. The fourth-order valence-electron chi connectivity index (χ4n) is 7.91. The highest BCUT2D eigenvalue weighted by molar-refractivity contribution is 5.06. The lowest BCUT2D eigenvalue weighted by atomic mass is 9.57. The molecular formula is C31H55N. The maximum absolute atomic E-state index is 10.3. The standard InChI is InChI=1S/C31H55N/c1-3-5-7-8-10-12-26-13-17-28(18-14-26)29-21-23-31(25-32,24-22-29)30-19-15-27(16-20-30)11-9-6-4-2/h26-30H,3-24H2,1-2H3. The number of unbranched alkanes of at least 4 members (excludes halogenated alkanes) is 6. The van der Waals surface area contributed by atoms with Gasteiger partial charge in [-0.3, -0.25) is 0 Å². The van der Waals surface area contributed by atoms with E-state index in [-0.39, 0.29) is 5.41 Å². The van der Waals surface area contributed by atoms with Crippen LogP contribution in [0.15, 0.2) is 0 Å². The van der Waals surface area contributed by atoms with E-state index in [9.17, 15) is 5.26 Å². The molecule has 0 N–H and O–H groups in total. The van der Waals surface area contributed by atoms with Crippen molar-refractivity contribution in [3.63, 3.8) is 0 Å². The first-order valence-corrected chi connectivity index (χ1v) is 15.1. The van der Waals surface area contributed by atoms with Crippen LogP contribution in [0.2, 0.25) is 0 Å². The van der Waals surface area contributed by atoms with Crippen LogP contribution in [0.5, 0.6) is 0 Å². The second kappa shape index (κ2) is 14.0. The highest BCUT2D eigenvalue weighted by Gasteiger charge is 2.44. The Morgan fingerprint density at radius 1 is 0.594 bits per heavy atom. The zero-order chi connectivity index (χ0) is 22.7. The number of nitrogens with zero attached hydrogens (tertiary/aromatic N) is 1. The van der Waals surface area contributed by atoms with Gasteiger partial charge in [0.1, 0.15) is 0 Å². The Balaban J connectivity index is 1.35. The average molecular weight is 442 g/mol. The van der Waals surface area contributed by atoms with Crippen LogP contribution in [0.4, 0.5) is 0 Å². The highest BCUT2D eigenvalue weighted by atomic mass is 14.5. The normalized spacial score (nSPS) is 36.0. The zero-order valence-corrected chi connectivity index (χ0v) is 21.9. The van der Waals surface area contributed by atoms with Crippen LogP contribution in [0.3, 0.4) is 0 Å². The van der Waals surface area contributed by atoms with Crippen molar-refractivity contribution in [2.75, 3.05) is 0 Å².